The van der Waals surface area contributed by atoms with Crippen molar-refractivity contribution >= 4 is 5.91 Å². The Morgan fingerprint density at radius 2 is 2.16 bits per heavy atom. The maximum atomic E-state index is 12.1. The summed E-state index contributed by atoms with van der Waals surface area (Å²) in [6.07, 6.45) is 2.29. The molecule has 1 aromatic carbocycles. The summed E-state index contributed by atoms with van der Waals surface area (Å²) in [7, 11) is 1.64. The largest absolute Gasteiger partial charge is 0.486 e. The number of imidazole rings is 1. The molecule has 0 aliphatic carbocycles. The molecule has 0 saturated carbocycles. The number of ether oxygens (including phenoxy) is 3. The predicted molar refractivity (Wildman–Crippen MR) is 90.8 cm³/mol. The lowest BCUT2D eigenvalue weighted by Gasteiger charge is -2.18. The fourth-order valence-corrected chi connectivity index (χ4v) is 3.27. The number of aromatic amines is 1. The van der Waals surface area contributed by atoms with Crippen LogP contribution in [0.15, 0.2) is 24.4 Å². The van der Waals surface area contributed by atoms with Crippen LogP contribution in [0, 0.1) is 0 Å². The number of carbonyl (C=O) groups is 1. The van der Waals surface area contributed by atoms with Crippen LogP contribution in [0.1, 0.15) is 18.2 Å². The first-order valence-electron chi connectivity index (χ1n) is 8.46. The summed E-state index contributed by atoms with van der Waals surface area (Å²) in [5, 5.41) is 0. The number of hydrogen-bond donors (Lipinski definition) is 1. The van der Waals surface area contributed by atoms with E-state index in [1.807, 2.05) is 29.3 Å². The van der Waals surface area contributed by atoms with Gasteiger partial charge in [0.25, 0.3) is 0 Å². The molecule has 1 saturated heterocycles. The van der Waals surface area contributed by atoms with Crippen LogP contribution >= 0.6 is 0 Å². The molecule has 3 heterocycles. The zero-order valence-corrected chi connectivity index (χ0v) is 14.2. The van der Waals surface area contributed by atoms with Crippen LogP contribution in [0.3, 0.4) is 0 Å². The summed E-state index contributed by atoms with van der Waals surface area (Å²) < 4.78 is 16.2. The first-order chi connectivity index (χ1) is 12.2. The zero-order valence-electron chi connectivity index (χ0n) is 14.2. The van der Waals surface area contributed by atoms with Crippen molar-refractivity contribution in [3.63, 3.8) is 0 Å². The van der Waals surface area contributed by atoms with Gasteiger partial charge in [0.2, 0.25) is 5.91 Å². The highest BCUT2D eigenvalue weighted by Gasteiger charge is 2.32. The molecule has 1 aromatic heterocycles. The molecule has 0 bridgehead atoms. The van der Waals surface area contributed by atoms with Gasteiger partial charge in [-0.3, -0.25) is 4.79 Å². The van der Waals surface area contributed by atoms with Crippen LogP contribution in [-0.4, -0.2) is 60.8 Å². The summed E-state index contributed by atoms with van der Waals surface area (Å²) in [6, 6.07) is 5.85. The molecule has 2 aliphatic heterocycles. The van der Waals surface area contributed by atoms with Crippen LogP contribution in [0.25, 0.3) is 11.3 Å². The number of rotatable bonds is 5. The summed E-state index contributed by atoms with van der Waals surface area (Å²) >= 11 is 0. The molecule has 2 aromatic rings. The number of methoxy groups -OCH3 is 1. The van der Waals surface area contributed by atoms with E-state index in [9.17, 15) is 4.79 Å². The Kier molecular flexibility index (Phi) is 4.31. The van der Waals surface area contributed by atoms with Crippen molar-refractivity contribution in [3.8, 4) is 22.8 Å². The van der Waals surface area contributed by atoms with Gasteiger partial charge in [-0.15, -0.1) is 0 Å². The Morgan fingerprint density at radius 1 is 1.32 bits per heavy atom. The topological polar surface area (TPSA) is 76.7 Å². The van der Waals surface area contributed by atoms with Gasteiger partial charge in [-0.05, 0) is 18.2 Å². The van der Waals surface area contributed by atoms with E-state index in [-0.39, 0.29) is 11.8 Å². The molecule has 1 fully saturated rings. The van der Waals surface area contributed by atoms with Gasteiger partial charge in [0.1, 0.15) is 19.0 Å². The van der Waals surface area contributed by atoms with Crippen molar-refractivity contribution in [2.24, 2.45) is 0 Å². The summed E-state index contributed by atoms with van der Waals surface area (Å²) in [5.74, 6) is 2.61. The highest BCUT2D eigenvalue weighted by molar-refractivity contribution is 5.79. The highest BCUT2D eigenvalue weighted by atomic mass is 16.6. The normalized spacial score (nSPS) is 19.5. The van der Waals surface area contributed by atoms with Crippen molar-refractivity contribution in [2.75, 3.05) is 40.0 Å². The number of nitrogens with one attached hydrogen (secondary N) is 1. The van der Waals surface area contributed by atoms with Gasteiger partial charge in [-0.25, -0.2) is 4.98 Å². The van der Waals surface area contributed by atoms with E-state index >= 15 is 0 Å². The molecule has 1 N–H and O–H groups in total. The van der Waals surface area contributed by atoms with Crippen LogP contribution < -0.4 is 9.47 Å². The maximum absolute atomic E-state index is 12.1. The van der Waals surface area contributed by atoms with Crippen LogP contribution in [0.5, 0.6) is 11.5 Å². The molecule has 1 amide bonds. The molecule has 0 radical (unpaired) electrons. The lowest BCUT2D eigenvalue weighted by molar-refractivity contribution is -0.128. The van der Waals surface area contributed by atoms with Gasteiger partial charge >= 0.3 is 0 Å². The standard InChI is InChI=1S/C18H21N3O4/c1-23-5-4-21-11-13(9-17(21)22)18-19-10-14(20-18)12-2-3-15-16(8-12)25-7-6-24-15/h2-3,8,10,13H,4-7,9,11H2,1H3,(H,19,20)/t13-/m1/s1. The molecule has 2 aliphatic rings. The quantitative estimate of drug-likeness (QED) is 0.896. The number of carbonyl (C=O) groups excluding carboxylic acids is 1. The first kappa shape index (κ1) is 16.0. The van der Waals surface area contributed by atoms with Gasteiger partial charge in [0.05, 0.1) is 18.5 Å². The minimum Gasteiger partial charge on any atom is -0.486 e. The van der Waals surface area contributed by atoms with E-state index in [0.29, 0.717) is 39.3 Å². The van der Waals surface area contributed by atoms with Crippen molar-refractivity contribution in [2.45, 2.75) is 12.3 Å². The van der Waals surface area contributed by atoms with E-state index in [0.717, 1.165) is 28.6 Å². The fraction of sp³-hybridized carbons (Fsp3) is 0.444. The van der Waals surface area contributed by atoms with E-state index in [2.05, 4.69) is 9.97 Å². The molecule has 7 nitrogen and oxygen atoms in total. The highest BCUT2D eigenvalue weighted by Crippen LogP contribution is 2.35. The Hall–Kier alpha value is -2.54. The number of amides is 1. The number of likely N-dealkylation sites (tertiary alicyclic amines) is 1. The Balaban J connectivity index is 1.50. The predicted octanol–water partition coefficient (Wildman–Crippen LogP) is 1.81. The Morgan fingerprint density at radius 3 is 3.00 bits per heavy atom. The van der Waals surface area contributed by atoms with Gasteiger partial charge < -0.3 is 24.1 Å². The lowest BCUT2D eigenvalue weighted by atomic mass is 10.1. The molecule has 25 heavy (non-hydrogen) atoms. The minimum atomic E-state index is 0.0929. The third-order valence-corrected chi connectivity index (χ3v) is 4.62. The molecule has 1 atom stereocenters. The first-order valence-corrected chi connectivity index (χ1v) is 8.46. The van der Waals surface area contributed by atoms with Crippen molar-refractivity contribution in [1.29, 1.82) is 0 Å². The molecule has 132 valence electrons. The van der Waals surface area contributed by atoms with Crippen molar-refractivity contribution in [1.82, 2.24) is 14.9 Å². The SMILES string of the molecule is COCCN1C[C@H](c2ncc(-c3ccc4c(c3)OCCO4)[nH]2)CC1=O. The lowest BCUT2D eigenvalue weighted by Crippen LogP contribution is -2.28. The molecule has 4 rings (SSSR count). The number of hydrogen-bond acceptors (Lipinski definition) is 5. The third-order valence-electron chi connectivity index (χ3n) is 4.62. The monoisotopic (exact) mass is 343 g/mol. The van der Waals surface area contributed by atoms with Gasteiger partial charge in [0.15, 0.2) is 11.5 Å². The third kappa shape index (κ3) is 3.19. The second-order valence-electron chi connectivity index (χ2n) is 6.27. The van der Waals surface area contributed by atoms with Gasteiger partial charge in [0, 0.05) is 38.1 Å². The van der Waals surface area contributed by atoms with Gasteiger partial charge in [-0.2, -0.15) is 0 Å². The van der Waals surface area contributed by atoms with E-state index in [1.165, 1.54) is 0 Å². The van der Waals surface area contributed by atoms with Crippen LogP contribution in [0.4, 0.5) is 0 Å². The number of nitrogens with zero attached hydrogens (tertiary/aromatic N) is 2. The maximum Gasteiger partial charge on any atom is 0.223 e. The Labute approximate surface area is 145 Å². The van der Waals surface area contributed by atoms with Crippen molar-refractivity contribution in [3.05, 3.63) is 30.2 Å². The summed E-state index contributed by atoms with van der Waals surface area (Å²) in [6.45, 7) is 3.00. The summed E-state index contributed by atoms with van der Waals surface area (Å²) in [4.78, 5) is 21.8. The van der Waals surface area contributed by atoms with Crippen LogP contribution in [-0.2, 0) is 9.53 Å². The van der Waals surface area contributed by atoms with E-state index < -0.39 is 0 Å². The summed E-state index contributed by atoms with van der Waals surface area (Å²) in [5.41, 5.74) is 1.90. The van der Waals surface area contributed by atoms with Gasteiger partial charge in [-0.1, -0.05) is 0 Å². The van der Waals surface area contributed by atoms with Crippen LogP contribution in [0.2, 0.25) is 0 Å². The number of fused-ring (bicyclic) bond motifs is 1. The number of benzene rings is 1. The fourth-order valence-electron chi connectivity index (χ4n) is 3.27. The second kappa shape index (κ2) is 6.76. The molecule has 7 heteroatoms. The molecule has 0 unspecified atom stereocenters. The number of H-pyrrole nitrogens is 1. The minimum absolute atomic E-state index is 0.0929. The second-order valence-corrected chi connectivity index (χ2v) is 6.27. The molecular weight excluding hydrogens is 322 g/mol. The molecular formula is C18H21N3O4. The smallest absolute Gasteiger partial charge is 0.223 e. The Bertz CT molecular complexity index is 773. The molecule has 0 spiro atoms. The van der Waals surface area contributed by atoms with Crippen molar-refractivity contribution < 1.29 is 19.0 Å². The van der Waals surface area contributed by atoms with E-state index in [1.54, 1.807) is 7.11 Å². The van der Waals surface area contributed by atoms with E-state index in [4.69, 9.17) is 14.2 Å². The zero-order chi connectivity index (χ0) is 17.2. The average molecular weight is 343 g/mol. The average Bonchev–Trinajstić information content (AvgIpc) is 3.26. The number of aromatic nitrogens is 2.